The van der Waals surface area contributed by atoms with Gasteiger partial charge in [-0.2, -0.15) is 0 Å². The SMILES string of the molecule is O=C(COc1ccccc1C(=O)Nc1ccc([N+](=O)[O-])cc1)Nc1ccccc1F. The molecule has 0 atom stereocenters. The van der Waals surface area contributed by atoms with Crippen LogP contribution in [-0.2, 0) is 4.79 Å². The Morgan fingerprint density at radius 3 is 2.30 bits per heavy atom. The summed E-state index contributed by atoms with van der Waals surface area (Å²) in [5.74, 6) is -1.53. The van der Waals surface area contributed by atoms with Gasteiger partial charge in [-0.25, -0.2) is 4.39 Å². The van der Waals surface area contributed by atoms with Gasteiger partial charge in [-0.05, 0) is 36.4 Å². The molecule has 0 spiro atoms. The van der Waals surface area contributed by atoms with Crippen molar-refractivity contribution in [1.29, 1.82) is 0 Å². The summed E-state index contributed by atoms with van der Waals surface area (Å²) in [6.45, 7) is -0.434. The Bertz CT molecular complexity index is 1090. The number of nitro groups is 1. The van der Waals surface area contributed by atoms with Crippen molar-refractivity contribution in [2.24, 2.45) is 0 Å². The zero-order chi connectivity index (χ0) is 21.5. The molecule has 3 rings (SSSR count). The number of hydrogen-bond acceptors (Lipinski definition) is 5. The summed E-state index contributed by atoms with van der Waals surface area (Å²) in [6, 6.07) is 17.3. The Hall–Kier alpha value is -4.27. The molecule has 0 heterocycles. The van der Waals surface area contributed by atoms with Gasteiger partial charge >= 0.3 is 0 Å². The molecule has 0 aromatic heterocycles. The third kappa shape index (κ3) is 5.16. The van der Waals surface area contributed by atoms with Gasteiger partial charge < -0.3 is 15.4 Å². The quantitative estimate of drug-likeness (QED) is 0.453. The van der Waals surface area contributed by atoms with Crippen LogP contribution in [0.2, 0.25) is 0 Å². The lowest BCUT2D eigenvalue weighted by atomic mass is 10.2. The maximum Gasteiger partial charge on any atom is 0.269 e. The van der Waals surface area contributed by atoms with Crippen molar-refractivity contribution >= 4 is 28.9 Å². The number of nitro benzene ring substituents is 1. The average Bonchev–Trinajstić information content (AvgIpc) is 2.74. The monoisotopic (exact) mass is 409 g/mol. The van der Waals surface area contributed by atoms with E-state index in [0.29, 0.717) is 5.69 Å². The standard InChI is InChI=1S/C21H16FN3O5/c22-17-6-2-3-7-18(17)24-20(26)13-30-19-8-4-1-5-16(19)21(27)23-14-9-11-15(12-10-14)25(28)29/h1-12H,13H2,(H,23,27)(H,24,26). The topological polar surface area (TPSA) is 111 Å². The van der Waals surface area contributed by atoms with Gasteiger partial charge in [-0.3, -0.25) is 19.7 Å². The number of non-ortho nitro benzene ring substituents is 1. The summed E-state index contributed by atoms with van der Waals surface area (Å²) in [5, 5.41) is 15.7. The Labute approximate surface area is 170 Å². The van der Waals surface area contributed by atoms with E-state index in [9.17, 15) is 24.1 Å². The summed E-state index contributed by atoms with van der Waals surface area (Å²) >= 11 is 0. The number of benzene rings is 3. The van der Waals surface area contributed by atoms with E-state index in [1.807, 2.05) is 0 Å². The zero-order valence-electron chi connectivity index (χ0n) is 15.5. The largest absolute Gasteiger partial charge is 0.483 e. The fraction of sp³-hybridized carbons (Fsp3) is 0.0476. The lowest BCUT2D eigenvalue weighted by molar-refractivity contribution is -0.384. The van der Waals surface area contributed by atoms with Crippen molar-refractivity contribution in [3.05, 3.63) is 94.3 Å². The van der Waals surface area contributed by atoms with Crippen LogP contribution >= 0.6 is 0 Å². The van der Waals surface area contributed by atoms with Gasteiger partial charge in [0.05, 0.1) is 16.2 Å². The van der Waals surface area contributed by atoms with Crippen molar-refractivity contribution in [2.75, 3.05) is 17.2 Å². The first-order chi connectivity index (χ1) is 14.4. The van der Waals surface area contributed by atoms with E-state index in [2.05, 4.69) is 10.6 Å². The Morgan fingerprint density at radius 2 is 1.60 bits per heavy atom. The predicted molar refractivity (Wildman–Crippen MR) is 108 cm³/mol. The number of para-hydroxylation sites is 2. The normalized spacial score (nSPS) is 10.2. The maximum absolute atomic E-state index is 13.6. The number of ether oxygens (including phenoxy) is 1. The molecule has 30 heavy (non-hydrogen) atoms. The van der Waals surface area contributed by atoms with Crippen molar-refractivity contribution < 1.29 is 23.6 Å². The van der Waals surface area contributed by atoms with Crippen molar-refractivity contribution in [1.82, 2.24) is 0 Å². The first-order valence-corrected chi connectivity index (χ1v) is 8.76. The summed E-state index contributed by atoms with van der Waals surface area (Å²) in [6.07, 6.45) is 0. The van der Waals surface area contributed by atoms with Gasteiger partial charge in [0.25, 0.3) is 17.5 Å². The summed E-state index contributed by atoms with van der Waals surface area (Å²) in [7, 11) is 0. The minimum Gasteiger partial charge on any atom is -0.483 e. The minimum atomic E-state index is -0.592. The molecule has 9 heteroatoms. The first-order valence-electron chi connectivity index (χ1n) is 8.76. The highest BCUT2D eigenvalue weighted by Crippen LogP contribution is 2.21. The number of nitrogens with one attached hydrogen (secondary N) is 2. The molecule has 0 unspecified atom stereocenters. The number of halogens is 1. The lowest BCUT2D eigenvalue weighted by Crippen LogP contribution is -2.22. The molecule has 2 N–H and O–H groups in total. The van der Waals surface area contributed by atoms with E-state index in [1.54, 1.807) is 18.2 Å². The van der Waals surface area contributed by atoms with Gasteiger partial charge in [0, 0.05) is 17.8 Å². The number of hydrogen-bond donors (Lipinski definition) is 2. The molecule has 3 aromatic rings. The lowest BCUT2D eigenvalue weighted by Gasteiger charge is -2.12. The highest BCUT2D eigenvalue weighted by molar-refractivity contribution is 6.06. The van der Waals surface area contributed by atoms with E-state index < -0.39 is 29.2 Å². The number of amides is 2. The van der Waals surface area contributed by atoms with E-state index >= 15 is 0 Å². The smallest absolute Gasteiger partial charge is 0.269 e. The van der Waals surface area contributed by atoms with E-state index in [0.717, 1.165) is 0 Å². The molecule has 0 bridgehead atoms. The molecule has 0 saturated heterocycles. The molecule has 2 amide bonds. The molecule has 8 nitrogen and oxygen atoms in total. The fourth-order valence-corrected chi connectivity index (χ4v) is 2.54. The Balaban J connectivity index is 1.65. The van der Waals surface area contributed by atoms with Gasteiger partial charge in [0.15, 0.2) is 6.61 Å². The number of anilines is 2. The fourth-order valence-electron chi connectivity index (χ4n) is 2.54. The van der Waals surface area contributed by atoms with Crippen LogP contribution in [0.5, 0.6) is 5.75 Å². The molecule has 0 aliphatic carbocycles. The average molecular weight is 409 g/mol. The minimum absolute atomic E-state index is 0.0234. The van der Waals surface area contributed by atoms with Crippen LogP contribution < -0.4 is 15.4 Å². The van der Waals surface area contributed by atoms with E-state index in [1.165, 1.54) is 54.6 Å². The Morgan fingerprint density at radius 1 is 0.933 bits per heavy atom. The number of nitrogens with zero attached hydrogens (tertiary/aromatic N) is 1. The van der Waals surface area contributed by atoms with Crippen LogP contribution in [0.25, 0.3) is 0 Å². The molecule has 0 saturated carbocycles. The molecular formula is C21H16FN3O5. The second-order valence-electron chi connectivity index (χ2n) is 6.07. The molecule has 0 aliphatic heterocycles. The summed E-state index contributed by atoms with van der Waals surface area (Å²) in [4.78, 5) is 34.8. The zero-order valence-corrected chi connectivity index (χ0v) is 15.5. The highest BCUT2D eigenvalue weighted by Gasteiger charge is 2.15. The first kappa shape index (κ1) is 20.5. The summed E-state index contributed by atoms with van der Waals surface area (Å²) in [5.41, 5.74) is 0.445. The maximum atomic E-state index is 13.6. The van der Waals surface area contributed by atoms with Crippen molar-refractivity contribution in [3.8, 4) is 5.75 Å². The second kappa shape index (κ2) is 9.28. The van der Waals surface area contributed by atoms with E-state index in [4.69, 9.17) is 4.74 Å². The third-order valence-electron chi connectivity index (χ3n) is 3.97. The van der Waals surface area contributed by atoms with Crippen LogP contribution in [0.1, 0.15) is 10.4 Å². The van der Waals surface area contributed by atoms with Crippen LogP contribution in [-0.4, -0.2) is 23.3 Å². The van der Waals surface area contributed by atoms with Crippen LogP contribution in [0, 0.1) is 15.9 Å². The van der Waals surface area contributed by atoms with Crippen LogP contribution in [0.3, 0.4) is 0 Å². The van der Waals surface area contributed by atoms with Gasteiger partial charge in [0.1, 0.15) is 11.6 Å². The molecule has 0 radical (unpaired) electrons. The molecule has 152 valence electrons. The van der Waals surface area contributed by atoms with Crippen LogP contribution in [0.15, 0.2) is 72.8 Å². The van der Waals surface area contributed by atoms with Gasteiger partial charge in [-0.15, -0.1) is 0 Å². The van der Waals surface area contributed by atoms with Crippen LogP contribution in [0.4, 0.5) is 21.5 Å². The third-order valence-corrected chi connectivity index (χ3v) is 3.97. The molecular weight excluding hydrogens is 393 g/mol. The molecule has 0 aliphatic rings. The van der Waals surface area contributed by atoms with E-state index in [-0.39, 0.29) is 22.7 Å². The predicted octanol–water partition coefficient (Wildman–Crippen LogP) is 4.00. The molecule has 0 fully saturated rings. The number of carbonyl (C=O) groups excluding carboxylic acids is 2. The van der Waals surface area contributed by atoms with Gasteiger partial charge in [-0.1, -0.05) is 24.3 Å². The van der Waals surface area contributed by atoms with Gasteiger partial charge in [0.2, 0.25) is 0 Å². The number of carbonyl (C=O) groups is 2. The molecule has 3 aromatic carbocycles. The summed E-state index contributed by atoms with van der Waals surface area (Å²) < 4.78 is 19.0. The Kier molecular flexibility index (Phi) is 6.33. The second-order valence-corrected chi connectivity index (χ2v) is 6.07. The number of rotatable bonds is 7. The highest BCUT2D eigenvalue weighted by atomic mass is 19.1. The van der Waals surface area contributed by atoms with Crippen molar-refractivity contribution in [2.45, 2.75) is 0 Å². The van der Waals surface area contributed by atoms with Crippen molar-refractivity contribution in [3.63, 3.8) is 0 Å².